The van der Waals surface area contributed by atoms with Crippen molar-refractivity contribution in [2.24, 2.45) is 0 Å². The van der Waals surface area contributed by atoms with Gasteiger partial charge in [0, 0.05) is 44.1 Å². The lowest BCUT2D eigenvalue weighted by atomic mass is 10.2. The molecule has 4 nitrogen and oxygen atoms in total. The van der Waals surface area contributed by atoms with Crippen molar-refractivity contribution in [3.63, 3.8) is 0 Å². The van der Waals surface area contributed by atoms with Crippen molar-refractivity contribution in [1.29, 1.82) is 0 Å². The molecule has 1 unspecified atom stereocenters. The number of piperazine rings is 1. The van der Waals surface area contributed by atoms with Gasteiger partial charge in [-0.1, -0.05) is 0 Å². The van der Waals surface area contributed by atoms with Crippen LogP contribution in [0.1, 0.15) is 16.8 Å². The summed E-state index contributed by atoms with van der Waals surface area (Å²) in [5.74, 6) is 0.195. The lowest BCUT2D eigenvalue weighted by Crippen LogP contribution is -2.52. The standard InChI is InChI=1S/C13H19N3OS/c17-13(11-2-8-18-10-11)16-6-4-15(5-7-16)12-1-3-14-9-12/h2,8,10,12,14H,1,3-7,9H2. The van der Waals surface area contributed by atoms with E-state index in [0.717, 1.165) is 44.8 Å². The number of amides is 1. The van der Waals surface area contributed by atoms with E-state index in [4.69, 9.17) is 0 Å². The Balaban J connectivity index is 1.55. The molecule has 2 saturated heterocycles. The second kappa shape index (κ2) is 5.38. The van der Waals surface area contributed by atoms with Crippen LogP contribution in [0.25, 0.3) is 0 Å². The van der Waals surface area contributed by atoms with Gasteiger partial charge in [-0.2, -0.15) is 11.3 Å². The molecule has 3 rings (SSSR count). The lowest BCUT2D eigenvalue weighted by Gasteiger charge is -2.37. The number of carbonyl (C=O) groups is 1. The normalized spacial score (nSPS) is 25.6. The van der Waals surface area contributed by atoms with Crippen LogP contribution in [0.2, 0.25) is 0 Å². The SMILES string of the molecule is O=C(c1ccsc1)N1CCN(C2CCNC2)CC1. The Labute approximate surface area is 112 Å². The second-order valence-electron chi connectivity index (χ2n) is 4.99. The van der Waals surface area contributed by atoms with Gasteiger partial charge in [0.15, 0.2) is 0 Å². The number of nitrogens with zero attached hydrogens (tertiary/aromatic N) is 2. The molecule has 2 fully saturated rings. The molecular formula is C13H19N3OS. The van der Waals surface area contributed by atoms with Gasteiger partial charge in [-0.25, -0.2) is 0 Å². The summed E-state index contributed by atoms with van der Waals surface area (Å²) in [6.07, 6.45) is 1.25. The summed E-state index contributed by atoms with van der Waals surface area (Å²) in [5.41, 5.74) is 0.844. The Morgan fingerprint density at radius 2 is 2.17 bits per heavy atom. The number of thiophene rings is 1. The Bertz CT molecular complexity index is 392. The average molecular weight is 265 g/mol. The highest BCUT2D eigenvalue weighted by atomic mass is 32.1. The maximum Gasteiger partial charge on any atom is 0.254 e. The van der Waals surface area contributed by atoms with Gasteiger partial charge in [-0.15, -0.1) is 0 Å². The van der Waals surface area contributed by atoms with Gasteiger partial charge in [-0.3, -0.25) is 9.69 Å². The van der Waals surface area contributed by atoms with Crippen molar-refractivity contribution in [1.82, 2.24) is 15.1 Å². The summed E-state index contributed by atoms with van der Waals surface area (Å²) in [6, 6.07) is 2.60. The second-order valence-corrected chi connectivity index (χ2v) is 5.77. The van der Waals surface area contributed by atoms with Crippen LogP contribution in [0.15, 0.2) is 16.8 Å². The third-order valence-electron chi connectivity index (χ3n) is 3.92. The van der Waals surface area contributed by atoms with Crippen LogP contribution in [0.3, 0.4) is 0 Å². The Morgan fingerprint density at radius 1 is 1.33 bits per heavy atom. The average Bonchev–Trinajstić information content (AvgIpc) is 3.11. The molecule has 2 aliphatic rings. The molecule has 2 aliphatic heterocycles. The highest BCUT2D eigenvalue weighted by Crippen LogP contribution is 2.15. The van der Waals surface area contributed by atoms with Crippen molar-refractivity contribution >= 4 is 17.2 Å². The van der Waals surface area contributed by atoms with Crippen molar-refractivity contribution in [3.8, 4) is 0 Å². The van der Waals surface area contributed by atoms with Crippen LogP contribution in [0.5, 0.6) is 0 Å². The van der Waals surface area contributed by atoms with E-state index >= 15 is 0 Å². The van der Waals surface area contributed by atoms with Crippen LogP contribution in [-0.2, 0) is 0 Å². The lowest BCUT2D eigenvalue weighted by molar-refractivity contribution is 0.0584. The van der Waals surface area contributed by atoms with Crippen LogP contribution >= 0.6 is 11.3 Å². The minimum absolute atomic E-state index is 0.195. The number of hydrogen-bond donors (Lipinski definition) is 1. The quantitative estimate of drug-likeness (QED) is 0.862. The molecule has 1 N–H and O–H groups in total. The summed E-state index contributed by atoms with van der Waals surface area (Å²) in [6.45, 7) is 6.01. The first-order valence-electron chi connectivity index (χ1n) is 6.61. The van der Waals surface area contributed by atoms with Crippen molar-refractivity contribution in [2.75, 3.05) is 39.3 Å². The van der Waals surface area contributed by atoms with E-state index in [1.165, 1.54) is 6.42 Å². The third-order valence-corrected chi connectivity index (χ3v) is 4.60. The number of rotatable bonds is 2. The molecule has 0 spiro atoms. The zero-order valence-corrected chi connectivity index (χ0v) is 11.3. The zero-order chi connectivity index (χ0) is 12.4. The Hall–Kier alpha value is -0.910. The van der Waals surface area contributed by atoms with E-state index in [9.17, 15) is 4.79 Å². The molecule has 1 aromatic rings. The predicted molar refractivity (Wildman–Crippen MR) is 73.1 cm³/mol. The molecule has 3 heterocycles. The van der Waals surface area contributed by atoms with Gasteiger partial charge in [0.1, 0.15) is 0 Å². The highest BCUT2D eigenvalue weighted by Gasteiger charge is 2.28. The molecule has 5 heteroatoms. The molecule has 1 aromatic heterocycles. The summed E-state index contributed by atoms with van der Waals surface area (Å²) in [4.78, 5) is 16.7. The van der Waals surface area contributed by atoms with Crippen molar-refractivity contribution in [3.05, 3.63) is 22.4 Å². The zero-order valence-electron chi connectivity index (χ0n) is 10.5. The maximum atomic E-state index is 12.2. The molecule has 0 aromatic carbocycles. The van der Waals surface area contributed by atoms with Crippen LogP contribution in [0, 0.1) is 0 Å². The molecule has 98 valence electrons. The maximum absolute atomic E-state index is 12.2. The van der Waals surface area contributed by atoms with E-state index in [0.29, 0.717) is 6.04 Å². The molecule has 0 radical (unpaired) electrons. The number of hydrogen-bond acceptors (Lipinski definition) is 4. The molecule has 0 saturated carbocycles. The van der Waals surface area contributed by atoms with Crippen LogP contribution in [-0.4, -0.2) is 61.0 Å². The molecule has 18 heavy (non-hydrogen) atoms. The van der Waals surface area contributed by atoms with Gasteiger partial charge < -0.3 is 10.2 Å². The molecular weight excluding hydrogens is 246 g/mol. The molecule has 0 bridgehead atoms. The molecule has 0 aliphatic carbocycles. The topological polar surface area (TPSA) is 35.6 Å². The van der Waals surface area contributed by atoms with Crippen LogP contribution < -0.4 is 5.32 Å². The fourth-order valence-electron chi connectivity index (χ4n) is 2.81. The van der Waals surface area contributed by atoms with Gasteiger partial charge >= 0.3 is 0 Å². The van der Waals surface area contributed by atoms with Gasteiger partial charge in [0.25, 0.3) is 5.91 Å². The van der Waals surface area contributed by atoms with E-state index in [2.05, 4.69) is 10.2 Å². The first-order valence-corrected chi connectivity index (χ1v) is 7.55. The summed E-state index contributed by atoms with van der Waals surface area (Å²) in [5, 5.41) is 7.31. The summed E-state index contributed by atoms with van der Waals surface area (Å²) in [7, 11) is 0. The largest absolute Gasteiger partial charge is 0.336 e. The minimum Gasteiger partial charge on any atom is -0.336 e. The van der Waals surface area contributed by atoms with Gasteiger partial charge in [0.05, 0.1) is 5.56 Å². The fourth-order valence-corrected chi connectivity index (χ4v) is 3.44. The summed E-state index contributed by atoms with van der Waals surface area (Å²) >= 11 is 1.59. The summed E-state index contributed by atoms with van der Waals surface area (Å²) < 4.78 is 0. The Kier molecular flexibility index (Phi) is 3.63. The third kappa shape index (κ3) is 2.43. The van der Waals surface area contributed by atoms with E-state index < -0.39 is 0 Å². The fraction of sp³-hybridized carbons (Fsp3) is 0.615. The molecule has 1 amide bonds. The van der Waals surface area contributed by atoms with E-state index in [1.807, 2.05) is 21.7 Å². The first-order chi connectivity index (χ1) is 8.84. The smallest absolute Gasteiger partial charge is 0.254 e. The van der Waals surface area contributed by atoms with Crippen LogP contribution in [0.4, 0.5) is 0 Å². The van der Waals surface area contributed by atoms with E-state index in [1.54, 1.807) is 11.3 Å². The number of carbonyl (C=O) groups excluding carboxylic acids is 1. The molecule has 1 atom stereocenters. The Morgan fingerprint density at radius 3 is 2.78 bits per heavy atom. The van der Waals surface area contributed by atoms with Crippen molar-refractivity contribution in [2.45, 2.75) is 12.5 Å². The van der Waals surface area contributed by atoms with Gasteiger partial charge in [0.2, 0.25) is 0 Å². The highest BCUT2D eigenvalue weighted by molar-refractivity contribution is 7.08. The minimum atomic E-state index is 0.195. The number of nitrogens with one attached hydrogen (secondary N) is 1. The van der Waals surface area contributed by atoms with Crippen molar-refractivity contribution < 1.29 is 4.79 Å². The van der Waals surface area contributed by atoms with E-state index in [-0.39, 0.29) is 5.91 Å². The van der Waals surface area contributed by atoms with Gasteiger partial charge in [-0.05, 0) is 24.4 Å². The monoisotopic (exact) mass is 265 g/mol. The predicted octanol–water partition coefficient (Wildman–Crippen LogP) is 0.868. The first kappa shape index (κ1) is 12.1.